The smallest absolute Gasteiger partial charge is 0.462 e. The number of phosphoric ester groups is 2. The van der Waals surface area contributed by atoms with Crippen molar-refractivity contribution in [1.82, 2.24) is 0 Å². The van der Waals surface area contributed by atoms with E-state index in [4.69, 9.17) is 37.0 Å². The first-order valence-corrected chi connectivity index (χ1v) is 44.3. The van der Waals surface area contributed by atoms with Crippen LogP contribution in [0.2, 0.25) is 0 Å². The number of aliphatic hydroxyl groups excluding tert-OH is 1. The van der Waals surface area contributed by atoms with Crippen molar-refractivity contribution in [2.45, 2.75) is 444 Å². The predicted molar refractivity (Wildman–Crippen MR) is 400 cm³/mol. The molecular formula is C79H154O17P2. The van der Waals surface area contributed by atoms with Gasteiger partial charge in [-0.25, -0.2) is 9.13 Å². The van der Waals surface area contributed by atoms with Gasteiger partial charge in [0.25, 0.3) is 0 Å². The number of carbonyl (C=O) groups excluding carboxylic acids is 4. The van der Waals surface area contributed by atoms with Crippen LogP contribution in [0.5, 0.6) is 0 Å². The highest BCUT2D eigenvalue weighted by Gasteiger charge is 2.30. The quantitative estimate of drug-likeness (QED) is 0.0222. The summed E-state index contributed by atoms with van der Waals surface area (Å²) in [6.07, 6.45) is 65.9. The molecule has 98 heavy (non-hydrogen) atoms. The van der Waals surface area contributed by atoms with Gasteiger partial charge in [0.15, 0.2) is 12.2 Å². The van der Waals surface area contributed by atoms with E-state index in [2.05, 4.69) is 27.7 Å². The zero-order chi connectivity index (χ0) is 71.8. The molecule has 0 fully saturated rings. The van der Waals surface area contributed by atoms with Crippen LogP contribution in [0.3, 0.4) is 0 Å². The topological polar surface area (TPSA) is 237 Å². The van der Waals surface area contributed by atoms with Gasteiger partial charge in [-0.1, -0.05) is 374 Å². The van der Waals surface area contributed by atoms with Gasteiger partial charge in [-0.15, -0.1) is 0 Å². The Balaban J connectivity index is 5.09. The Bertz CT molecular complexity index is 1860. The molecule has 0 aromatic carbocycles. The summed E-state index contributed by atoms with van der Waals surface area (Å²) in [6.45, 7) is 4.92. The average molecular weight is 1440 g/mol. The van der Waals surface area contributed by atoms with Crippen molar-refractivity contribution in [2.75, 3.05) is 39.6 Å². The maximum Gasteiger partial charge on any atom is 0.472 e. The first kappa shape index (κ1) is 96.1. The van der Waals surface area contributed by atoms with Crippen LogP contribution in [0.15, 0.2) is 0 Å². The van der Waals surface area contributed by atoms with E-state index < -0.39 is 97.5 Å². The molecule has 17 nitrogen and oxygen atoms in total. The Hall–Kier alpha value is -1.94. The van der Waals surface area contributed by atoms with Crippen LogP contribution in [0.25, 0.3) is 0 Å². The molecule has 582 valence electrons. The summed E-state index contributed by atoms with van der Waals surface area (Å²) >= 11 is 0. The van der Waals surface area contributed by atoms with E-state index in [1.54, 1.807) is 0 Å². The fourth-order valence-corrected chi connectivity index (χ4v) is 13.9. The van der Waals surface area contributed by atoms with E-state index in [0.717, 1.165) is 109 Å². The summed E-state index contributed by atoms with van der Waals surface area (Å²) in [5.41, 5.74) is 0. The van der Waals surface area contributed by atoms with E-state index in [-0.39, 0.29) is 25.7 Å². The van der Waals surface area contributed by atoms with Crippen LogP contribution in [-0.4, -0.2) is 96.7 Å². The number of hydrogen-bond donors (Lipinski definition) is 3. The number of hydrogen-bond acceptors (Lipinski definition) is 15. The summed E-state index contributed by atoms with van der Waals surface area (Å²) in [7, 11) is -9.90. The minimum absolute atomic E-state index is 0.105. The van der Waals surface area contributed by atoms with Crippen molar-refractivity contribution in [3.8, 4) is 0 Å². The number of ether oxygens (including phenoxy) is 4. The lowest BCUT2D eigenvalue weighted by Crippen LogP contribution is -2.30. The molecule has 0 aliphatic heterocycles. The molecule has 19 heteroatoms. The maximum atomic E-state index is 13.1. The zero-order valence-electron chi connectivity index (χ0n) is 63.8. The van der Waals surface area contributed by atoms with Crippen LogP contribution >= 0.6 is 15.6 Å². The van der Waals surface area contributed by atoms with Crippen molar-refractivity contribution in [3.63, 3.8) is 0 Å². The highest BCUT2D eigenvalue weighted by molar-refractivity contribution is 7.47. The van der Waals surface area contributed by atoms with E-state index in [0.29, 0.717) is 25.7 Å². The molecule has 0 heterocycles. The third-order valence-corrected chi connectivity index (χ3v) is 20.5. The summed E-state index contributed by atoms with van der Waals surface area (Å²) in [5, 5.41) is 10.6. The van der Waals surface area contributed by atoms with Crippen molar-refractivity contribution in [3.05, 3.63) is 0 Å². The molecule has 0 saturated heterocycles. The van der Waals surface area contributed by atoms with Gasteiger partial charge < -0.3 is 33.8 Å². The van der Waals surface area contributed by atoms with Crippen molar-refractivity contribution >= 4 is 39.5 Å². The minimum atomic E-state index is -4.96. The van der Waals surface area contributed by atoms with E-state index in [1.165, 1.54) is 238 Å². The van der Waals surface area contributed by atoms with Crippen LogP contribution < -0.4 is 0 Å². The second kappa shape index (κ2) is 73.4. The SMILES string of the molecule is CCCCCCCCCCCCCCCCCCCCCCCCC(=O)O[C@H](COC(=O)CCCCCCCCCCCCCCCCCCCCCCC)COP(=O)(O)OC[C@@H](O)COP(=O)(O)OC[C@@H](COC(=O)CCCCCCCCC)OC(=O)CCCCCCCCCC. The lowest BCUT2D eigenvalue weighted by Gasteiger charge is -2.21. The third-order valence-electron chi connectivity index (χ3n) is 18.6. The first-order valence-electron chi connectivity index (χ1n) is 41.3. The van der Waals surface area contributed by atoms with Crippen molar-refractivity contribution < 1.29 is 80.2 Å². The zero-order valence-corrected chi connectivity index (χ0v) is 65.6. The molecule has 2 unspecified atom stereocenters. The van der Waals surface area contributed by atoms with E-state index in [1.807, 2.05) is 0 Å². The van der Waals surface area contributed by atoms with Crippen molar-refractivity contribution in [1.29, 1.82) is 0 Å². The molecule has 0 radical (unpaired) electrons. The lowest BCUT2D eigenvalue weighted by atomic mass is 10.0. The summed E-state index contributed by atoms with van der Waals surface area (Å²) in [6, 6.07) is 0. The number of phosphoric acid groups is 2. The van der Waals surface area contributed by atoms with Crippen molar-refractivity contribution in [2.24, 2.45) is 0 Å². The molecule has 0 bridgehead atoms. The van der Waals surface area contributed by atoms with E-state index in [9.17, 15) is 43.2 Å². The van der Waals surface area contributed by atoms with Gasteiger partial charge in [0.2, 0.25) is 0 Å². The van der Waals surface area contributed by atoms with Gasteiger partial charge in [0.05, 0.1) is 26.4 Å². The highest BCUT2D eigenvalue weighted by atomic mass is 31.2. The molecule has 0 aromatic rings. The molecule has 0 amide bonds. The normalized spacial score (nSPS) is 13.8. The molecule has 3 N–H and O–H groups in total. The molecule has 0 saturated carbocycles. The number of esters is 4. The number of aliphatic hydroxyl groups is 1. The van der Waals surface area contributed by atoms with Crippen LogP contribution in [-0.2, 0) is 65.4 Å². The lowest BCUT2D eigenvalue weighted by molar-refractivity contribution is -0.161. The minimum Gasteiger partial charge on any atom is -0.462 e. The molecular weight excluding hydrogens is 1280 g/mol. The molecule has 0 aromatic heterocycles. The van der Waals surface area contributed by atoms with E-state index >= 15 is 0 Å². The Morgan fingerprint density at radius 1 is 0.245 bits per heavy atom. The number of carbonyl (C=O) groups is 4. The van der Waals surface area contributed by atoms with Crippen LogP contribution in [0, 0.1) is 0 Å². The Labute approximate surface area is 600 Å². The molecule has 5 atom stereocenters. The monoisotopic (exact) mass is 1440 g/mol. The second-order valence-corrected chi connectivity index (χ2v) is 31.4. The van der Waals surface area contributed by atoms with Gasteiger partial charge in [-0.05, 0) is 25.7 Å². The Morgan fingerprint density at radius 3 is 0.602 bits per heavy atom. The maximum absolute atomic E-state index is 13.1. The standard InChI is InChI=1S/C79H154O17P2/c1-5-9-13-17-21-24-26-28-30-32-34-36-38-40-42-44-46-48-50-54-58-62-66-79(84)96-75(70-90-77(82)64-60-56-53-49-47-45-43-41-39-37-35-33-31-29-27-25-22-18-14-10-6-2)72-94-98(87,88)92-68-73(80)67-91-97(85,86)93-71-74(69-89-76(81)63-59-55-51-20-16-12-8-4)95-78(83)65-61-57-52-23-19-15-11-7-3/h73-75,80H,5-72H2,1-4H3,(H,85,86)(H,87,88)/t73-,74+,75+/m0/s1. The number of unbranched alkanes of at least 4 members (excludes halogenated alkanes) is 54. The van der Waals surface area contributed by atoms with Crippen LogP contribution in [0.1, 0.15) is 426 Å². The third kappa shape index (κ3) is 72.4. The first-order chi connectivity index (χ1) is 47.7. The second-order valence-electron chi connectivity index (χ2n) is 28.5. The van der Waals surface area contributed by atoms with Gasteiger partial charge in [0, 0.05) is 25.7 Å². The highest BCUT2D eigenvalue weighted by Crippen LogP contribution is 2.45. The molecule has 0 rings (SSSR count). The van der Waals surface area contributed by atoms with Gasteiger partial charge >= 0.3 is 39.5 Å². The molecule has 0 spiro atoms. The number of rotatable bonds is 80. The Morgan fingerprint density at radius 2 is 0.408 bits per heavy atom. The van der Waals surface area contributed by atoms with Crippen LogP contribution in [0.4, 0.5) is 0 Å². The van der Waals surface area contributed by atoms with Gasteiger partial charge in [0.1, 0.15) is 19.3 Å². The Kier molecular flexibility index (Phi) is 71.9. The summed E-state index contributed by atoms with van der Waals surface area (Å²) in [4.78, 5) is 72.6. The fourth-order valence-electron chi connectivity index (χ4n) is 12.3. The fraction of sp³-hybridized carbons (Fsp3) is 0.949. The predicted octanol–water partition coefficient (Wildman–Crippen LogP) is 23.8. The van der Waals surface area contributed by atoms with Gasteiger partial charge in [-0.3, -0.25) is 37.3 Å². The molecule has 0 aliphatic rings. The molecule has 0 aliphatic carbocycles. The summed E-state index contributed by atoms with van der Waals surface area (Å²) < 4.78 is 68.3. The van der Waals surface area contributed by atoms with Gasteiger partial charge in [-0.2, -0.15) is 0 Å². The largest absolute Gasteiger partial charge is 0.472 e. The summed E-state index contributed by atoms with van der Waals surface area (Å²) in [5.74, 6) is -2.12. The average Bonchev–Trinajstić information content (AvgIpc) is 2.47.